The number of nitrogens with two attached hydrogens (primary N) is 3. The number of aldehydes is 1. The first-order valence-corrected chi connectivity index (χ1v) is 11.6. The van der Waals surface area contributed by atoms with Crippen molar-refractivity contribution in [2.45, 2.75) is 64.2 Å². The quantitative estimate of drug-likeness (QED) is 0.0732. The Morgan fingerprint density at radius 2 is 1.52 bits per heavy atom. The van der Waals surface area contributed by atoms with Gasteiger partial charge in [0.2, 0.25) is 17.7 Å². The van der Waals surface area contributed by atoms with Crippen molar-refractivity contribution in [3.63, 3.8) is 0 Å². The monoisotopic (exact) mass is 459 g/mol. The number of nitrogens with one attached hydrogen (secondary N) is 3. The number of aliphatic imine (C=N–C) groups is 1. The molecule has 0 aromatic heterocycles. The average molecular weight is 460 g/mol. The van der Waals surface area contributed by atoms with Crippen LogP contribution < -0.4 is 33.2 Å². The van der Waals surface area contributed by atoms with Gasteiger partial charge < -0.3 is 37.9 Å². The number of hydrogen-bond acceptors (Lipinski definition) is 7. The van der Waals surface area contributed by atoms with Crippen molar-refractivity contribution in [1.82, 2.24) is 16.0 Å². The summed E-state index contributed by atoms with van der Waals surface area (Å²) in [7, 11) is 0. The summed E-state index contributed by atoms with van der Waals surface area (Å²) in [5, 5.41) is 7.94. The summed E-state index contributed by atoms with van der Waals surface area (Å²) in [5.74, 6) is -1.01. The summed E-state index contributed by atoms with van der Waals surface area (Å²) in [5.41, 5.74) is 16.2. The normalized spacial score (nSPS) is 14.6. The third-order valence-corrected chi connectivity index (χ3v) is 5.05. The molecule has 0 aliphatic carbocycles. The van der Waals surface area contributed by atoms with Crippen LogP contribution in [-0.2, 0) is 19.2 Å². The molecule has 9 N–H and O–H groups in total. The van der Waals surface area contributed by atoms with E-state index < -0.39 is 41.9 Å². The van der Waals surface area contributed by atoms with Crippen LogP contribution in [0.25, 0.3) is 0 Å². The van der Waals surface area contributed by atoms with Crippen LogP contribution >= 0.6 is 11.8 Å². The molecule has 0 spiro atoms. The average Bonchev–Trinajstić information content (AvgIpc) is 2.70. The lowest BCUT2D eigenvalue weighted by Gasteiger charge is -2.25. The van der Waals surface area contributed by atoms with Gasteiger partial charge in [0.25, 0.3) is 0 Å². The van der Waals surface area contributed by atoms with Gasteiger partial charge in [-0.2, -0.15) is 11.8 Å². The Labute approximate surface area is 188 Å². The number of nitrogens with zero attached hydrogens (tertiary/aromatic N) is 1. The first kappa shape index (κ1) is 28.7. The second-order valence-electron chi connectivity index (χ2n) is 7.56. The van der Waals surface area contributed by atoms with Crippen molar-refractivity contribution < 1.29 is 19.2 Å². The lowest BCUT2D eigenvalue weighted by atomic mass is 10.0. The molecule has 0 aliphatic heterocycles. The lowest BCUT2D eigenvalue weighted by molar-refractivity contribution is -0.133. The number of rotatable bonds is 15. The number of carbonyl (C=O) groups is 4. The highest BCUT2D eigenvalue weighted by Crippen LogP contribution is 2.06. The molecule has 4 atom stereocenters. The van der Waals surface area contributed by atoms with Gasteiger partial charge in [0, 0.05) is 6.54 Å². The van der Waals surface area contributed by atoms with Gasteiger partial charge in [0.05, 0.1) is 12.1 Å². The van der Waals surface area contributed by atoms with Crippen molar-refractivity contribution in [3.05, 3.63) is 0 Å². The smallest absolute Gasteiger partial charge is 0.243 e. The van der Waals surface area contributed by atoms with E-state index in [4.69, 9.17) is 17.2 Å². The Balaban J connectivity index is 5.37. The molecule has 31 heavy (non-hydrogen) atoms. The molecule has 0 radical (unpaired) electrons. The van der Waals surface area contributed by atoms with Gasteiger partial charge >= 0.3 is 0 Å². The van der Waals surface area contributed by atoms with E-state index in [2.05, 4.69) is 20.9 Å². The third-order valence-electron chi connectivity index (χ3n) is 4.41. The van der Waals surface area contributed by atoms with Crippen LogP contribution in [0.3, 0.4) is 0 Å². The Hall–Kier alpha value is -2.34. The van der Waals surface area contributed by atoms with E-state index in [-0.39, 0.29) is 24.8 Å². The van der Waals surface area contributed by atoms with Crippen LogP contribution in [0, 0.1) is 5.92 Å². The minimum Gasteiger partial charge on any atom is -0.370 e. The predicted octanol–water partition coefficient (Wildman–Crippen LogP) is -1.55. The molecular formula is C19H37N7O4S. The van der Waals surface area contributed by atoms with Crippen LogP contribution in [0.2, 0.25) is 0 Å². The van der Waals surface area contributed by atoms with E-state index in [1.165, 1.54) is 18.7 Å². The molecule has 0 bridgehead atoms. The zero-order valence-electron chi connectivity index (χ0n) is 18.7. The highest BCUT2D eigenvalue weighted by Gasteiger charge is 2.28. The van der Waals surface area contributed by atoms with E-state index in [9.17, 15) is 19.2 Å². The molecule has 0 aliphatic rings. The number of thioether (sulfide) groups is 1. The molecule has 0 saturated heterocycles. The Bertz CT molecular complexity index is 624. The van der Waals surface area contributed by atoms with Crippen LogP contribution in [0.15, 0.2) is 4.99 Å². The van der Waals surface area contributed by atoms with Crippen LogP contribution in [0.4, 0.5) is 0 Å². The number of carbonyl (C=O) groups excluding carboxylic acids is 4. The maximum atomic E-state index is 12.9. The minimum absolute atomic E-state index is 0.0680. The van der Waals surface area contributed by atoms with Gasteiger partial charge in [0.1, 0.15) is 18.4 Å². The number of guanidine groups is 1. The molecule has 12 heteroatoms. The Morgan fingerprint density at radius 3 is 2.00 bits per heavy atom. The summed E-state index contributed by atoms with van der Waals surface area (Å²) in [6, 6.07) is -3.23. The summed E-state index contributed by atoms with van der Waals surface area (Å²) in [6.45, 7) is 5.39. The molecular weight excluding hydrogens is 422 g/mol. The van der Waals surface area contributed by atoms with E-state index in [1.54, 1.807) is 13.8 Å². The summed E-state index contributed by atoms with van der Waals surface area (Å²) >= 11 is 1.52. The summed E-state index contributed by atoms with van der Waals surface area (Å²) < 4.78 is 0. The van der Waals surface area contributed by atoms with Gasteiger partial charge in [-0.1, -0.05) is 13.8 Å². The second-order valence-corrected chi connectivity index (χ2v) is 8.54. The first-order chi connectivity index (χ1) is 14.5. The van der Waals surface area contributed by atoms with Gasteiger partial charge in [-0.25, -0.2) is 0 Å². The topological polar surface area (TPSA) is 195 Å². The molecule has 0 heterocycles. The second kappa shape index (κ2) is 15.5. The minimum atomic E-state index is -0.924. The number of hydrogen-bond donors (Lipinski definition) is 6. The Morgan fingerprint density at radius 1 is 0.968 bits per heavy atom. The highest BCUT2D eigenvalue weighted by molar-refractivity contribution is 7.98. The summed E-state index contributed by atoms with van der Waals surface area (Å²) in [4.78, 5) is 52.8. The maximum absolute atomic E-state index is 12.9. The summed E-state index contributed by atoms with van der Waals surface area (Å²) in [6.07, 6.45) is 3.58. The highest BCUT2D eigenvalue weighted by atomic mass is 32.2. The molecule has 11 nitrogen and oxygen atoms in total. The zero-order valence-corrected chi connectivity index (χ0v) is 19.5. The molecule has 0 saturated carbocycles. The molecule has 3 amide bonds. The van der Waals surface area contributed by atoms with Gasteiger partial charge in [-0.15, -0.1) is 0 Å². The molecule has 178 valence electrons. The predicted molar refractivity (Wildman–Crippen MR) is 123 cm³/mol. The van der Waals surface area contributed by atoms with E-state index >= 15 is 0 Å². The van der Waals surface area contributed by atoms with Gasteiger partial charge in [0.15, 0.2) is 5.96 Å². The fraction of sp³-hybridized carbons (Fsp3) is 0.737. The van der Waals surface area contributed by atoms with Crippen LogP contribution in [-0.4, -0.2) is 72.7 Å². The lowest BCUT2D eigenvalue weighted by Crippen LogP contribution is -2.56. The van der Waals surface area contributed by atoms with Crippen LogP contribution in [0.1, 0.15) is 40.0 Å². The zero-order chi connectivity index (χ0) is 24.0. The molecule has 0 fully saturated rings. The molecule has 0 rings (SSSR count). The Kier molecular flexibility index (Phi) is 14.3. The van der Waals surface area contributed by atoms with E-state index in [0.29, 0.717) is 24.9 Å². The van der Waals surface area contributed by atoms with Crippen molar-refractivity contribution >= 4 is 41.7 Å². The maximum Gasteiger partial charge on any atom is 0.243 e. The van der Waals surface area contributed by atoms with Crippen molar-refractivity contribution in [3.8, 4) is 0 Å². The molecule has 0 aromatic rings. The van der Waals surface area contributed by atoms with Gasteiger partial charge in [-0.05, 0) is 44.1 Å². The fourth-order valence-corrected chi connectivity index (χ4v) is 2.95. The van der Waals surface area contributed by atoms with Crippen molar-refractivity contribution in [2.75, 3.05) is 18.6 Å². The van der Waals surface area contributed by atoms with E-state index in [1.807, 2.05) is 6.26 Å². The molecule has 0 aromatic carbocycles. The van der Waals surface area contributed by atoms with Gasteiger partial charge in [-0.3, -0.25) is 19.4 Å². The SMILES string of the molecule is CSCC[C@H](NC(=O)[C@H](C)N)C(=O)N[C@@H](CCCN=C(N)N)C(=O)N[C@H](C=O)C(C)C. The van der Waals surface area contributed by atoms with Crippen molar-refractivity contribution in [1.29, 1.82) is 0 Å². The standard InChI is InChI=1S/C19H37N7O4S/c1-11(2)15(10-27)26-17(29)13(6-5-8-23-19(21)22)25-18(30)14(7-9-31-4)24-16(28)12(3)20/h10-15H,5-9,20H2,1-4H3,(H,24,28)(H,25,30)(H,26,29)(H4,21,22,23)/t12-,13-,14-,15+/m0/s1. The van der Waals surface area contributed by atoms with E-state index in [0.717, 1.165) is 0 Å². The largest absolute Gasteiger partial charge is 0.370 e. The third kappa shape index (κ3) is 12.2. The fourth-order valence-electron chi connectivity index (χ4n) is 2.48. The first-order valence-electron chi connectivity index (χ1n) is 10.2. The number of amides is 3. The van der Waals surface area contributed by atoms with Crippen molar-refractivity contribution in [2.24, 2.45) is 28.1 Å². The molecule has 0 unspecified atom stereocenters. The van der Waals surface area contributed by atoms with Crippen LogP contribution in [0.5, 0.6) is 0 Å².